The molecule has 0 bridgehead atoms. The van der Waals surface area contributed by atoms with Crippen LogP contribution in [0.15, 0.2) is 24.3 Å². The summed E-state index contributed by atoms with van der Waals surface area (Å²) in [5.74, 6) is 0.418. The molecule has 1 saturated heterocycles. The van der Waals surface area contributed by atoms with Crippen LogP contribution in [0.5, 0.6) is 0 Å². The molecule has 1 aliphatic heterocycles. The summed E-state index contributed by atoms with van der Waals surface area (Å²) < 4.78 is 0. The van der Waals surface area contributed by atoms with E-state index in [-0.39, 0.29) is 12.6 Å². The minimum atomic E-state index is -0.489. The third-order valence-electron chi connectivity index (χ3n) is 4.37. The lowest BCUT2D eigenvalue weighted by atomic mass is 10.1. The number of amides is 2. The molecule has 0 radical (unpaired) electrons. The van der Waals surface area contributed by atoms with Crippen LogP contribution in [-0.2, 0) is 6.54 Å². The van der Waals surface area contributed by atoms with Crippen molar-refractivity contribution in [2.75, 3.05) is 24.5 Å². The molecule has 24 heavy (non-hydrogen) atoms. The van der Waals surface area contributed by atoms with Crippen LogP contribution in [0.4, 0.5) is 10.5 Å². The summed E-state index contributed by atoms with van der Waals surface area (Å²) in [6.45, 7) is 7.08. The molecule has 1 fully saturated rings. The van der Waals surface area contributed by atoms with Gasteiger partial charge in [-0.25, -0.2) is 4.79 Å². The largest absolute Gasteiger partial charge is 0.391 e. The predicted molar refractivity (Wildman–Crippen MR) is 98.2 cm³/mol. The Balaban J connectivity index is 1.82. The van der Waals surface area contributed by atoms with Gasteiger partial charge in [0.2, 0.25) is 0 Å². The number of benzene rings is 1. The number of carbonyl (C=O) groups is 1. The Morgan fingerprint density at radius 2 is 1.88 bits per heavy atom. The molecule has 1 aromatic carbocycles. The van der Waals surface area contributed by atoms with Crippen molar-refractivity contribution in [1.29, 1.82) is 0 Å². The Hall–Kier alpha value is -1.75. The molecule has 1 heterocycles. The van der Waals surface area contributed by atoms with E-state index in [1.165, 1.54) is 24.9 Å². The Morgan fingerprint density at radius 3 is 2.58 bits per heavy atom. The maximum Gasteiger partial charge on any atom is 0.315 e. The predicted octanol–water partition coefficient (Wildman–Crippen LogP) is 2.88. The van der Waals surface area contributed by atoms with E-state index in [0.717, 1.165) is 18.7 Å². The van der Waals surface area contributed by atoms with Crippen LogP contribution in [0.25, 0.3) is 0 Å². The molecule has 0 aromatic heterocycles. The van der Waals surface area contributed by atoms with E-state index in [0.29, 0.717) is 18.9 Å². The first-order valence-corrected chi connectivity index (χ1v) is 9.09. The molecule has 2 rings (SSSR count). The average Bonchev–Trinajstić information content (AvgIpc) is 2.58. The van der Waals surface area contributed by atoms with E-state index < -0.39 is 6.10 Å². The number of carbonyl (C=O) groups excluding carboxylic acids is 1. The summed E-state index contributed by atoms with van der Waals surface area (Å²) in [7, 11) is 0. The minimum Gasteiger partial charge on any atom is -0.391 e. The van der Waals surface area contributed by atoms with Crippen molar-refractivity contribution >= 4 is 11.7 Å². The van der Waals surface area contributed by atoms with Crippen LogP contribution in [0.3, 0.4) is 0 Å². The van der Waals surface area contributed by atoms with Crippen molar-refractivity contribution in [3.05, 3.63) is 29.8 Å². The van der Waals surface area contributed by atoms with Gasteiger partial charge in [-0.1, -0.05) is 32.0 Å². The lowest BCUT2D eigenvalue weighted by Gasteiger charge is -2.30. The second-order valence-electron chi connectivity index (χ2n) is 7.02. The third-order valence-corrected chi connectivity index (χ3v) is 4.37. The van der Waals surface area contributed by atoms with Crippen molar-refractivity contribution in [2.24, 2.45) is 5.92 Å². The molecule has 1 aliphatic rings. The zero-order valence-electron chi connectivity index (χ0n) is 14.9. The van der Waals surface area contributed by atoms with Gasteiger partial charge in [0.15, 0.2) is 0 Å². The number of rotatable bonds is 7. The highest BCUT2D eigenvalue weighted by Crippen LogP contribution is 2.23. The number of nitrogens with zero attached hydrogens (tertiary/aromatic N) is 1. The summed E-state index contributed by atoms with van der Waals surface area (Å²) in [5, 5.41) is 15.5. The number of anilines is 1. The van der Waals surface area contributed by atoms with Crippen molar-refractivity contribution in [2.45, 2.75) is 52.2 Å². The molecule has 0 saturated carbocycles. The lowest BCUT2D eigenvalue weighted by Crippen LogP contribution is -2.40. The van der Waals surface area contributed by atoms with Crippen molar-refractivity contribution < 1.29 is 9.90 Å². The topological polar surface area (TPSA) is 64.6 Å². The second-order valence-corrected chi connectivity index (χ2v) is 7.02. The van der Waals surface area contributed by atoms with Crippen molar-refractivity contribution in [1.82, 2.24) is 10.6 Å². The van der Waals surface area contributed by atoms with Crippen LogP contribution in [0.2, 0.25) is 0 Å². The normalized spacial score (nSPS) is 16.1. The van der Waals surface area contributed by atoms with Gasteiger partial charge < -0.3 is 20.6 Å². The SMILES string of the molecule is CC(C)CC(O)CNC(=O)NCc1ccccc1N1CCCCC1. The highest BCUT2D eigenvalue weighted by molar-refractivity contribution is 5.74. The van der Waals surface area contributed by atoms with Crippen molar-refractivity contribution in [3.63, 3.8) is 0 Å². The van der Waals surface area contributed by atoms with Crippen molar-refractivity contribution in [3.8, 4) is 0 Å². The molecule has 1 aromatic rings. The molecular formula is C19H31N3O2. The first kappa shape index (κ1) is 18.6. The van der Waals surface area contributed by atoms with E-state index in [1.54, 1.807) is 0 Å². The molecule has 0 aliphatic carbocycles. The van der Waals surface area contributed by atoms with Gasteiger partial charge in [0, 0.05) is 31.9 Å². The fourth-order valence-electron chi connectivity index (χ4n) is 3.18. The summed E-state index contributed by atoms with van der Waals surface area (Å²) in [6.07, 6.45) is 3.97. The summed E-state index contributed by atoms with van der Waals surface area (Å²) in [6, 6.07) is 8.03. The molecule has 134 valence electrons. The Bertz CT molecular complexity index is 513. The van der Waals surface area contributed by atoms with E-state index >= 15 is 0 Å². The molecule has 1 unspecified atom stereocenters. The van der Waals surface area contributed by atoms with E-state index in [1.807, 2.05) is 6.07 Å². The molecule has 5 heteroatoms. The van der Waals surface area contributed by atoms with Crippen LogP contribution in [0, 0.1) is 5.92 Å². The molecule has 3 N–H and O–H groups in total. The molecule has 2 amide bonds. The van der Waals surface area contributed by atoms with Gasteiger partial charge in [-0.15, -0.1) is 0 Å². The average molecular weight is 333 g/mol. The first-order valence-electron chi connectivity index (χ1n) is 9.09. The standard InChI is InChI=1S/C19H31N3O2/c1-15(2)12-17(23)14-21-19(24)20-13-16-8-4-5-9-18(16)22-10-6-3-7-11-22/h4-5,8-9,15,17,23H,3,6-7,10-14H2,1-2H3,(H2,20,21,24). The smallest absolute Gasteiger partial charge is 0.315 e. The molecule has 5 nitrogen and oxygen atoms in total. The minimum absolute atomic E-state index is 0.230. The fraction of sp³-hybridized carbons (Fsp3) is 0.632. The summed E-state index contributed by atoms with van der Waals surface area (Å²) in [5.41, 5.74) is 2.36. The fourth-order valence-corrected chi connectivity index (χ4v) is 3.18. The van der Waals surface area contributed by atoms with Gasteiger partial charge in [0.1, 0.15) is 0 Å². The quantitative estimate of drug-likeness (QED) is 0.719. The highest BCUT2D eigenvalue weighted by Gasteiger charge is 2.14. The number of hydrogen-bond acceptors (Lipinski definition) is 3. The number of hydrogen-bond donors (Lipinski definition) is 3. The summed E-state index contributed by atoms with van der Waals surface area (Å²) >= 11 is 0. The Labute approximate surface area is 145 Å². The van der Waals surface area contributed by atoms with Gasteiger partial charge >= 0.3 is 6.03 Å². The highest BCUT2D eigenvalue weighted by atomic mass is 16.3. The molecular weight excluding hydrogens is 302 g/mol. The van der Waals surface area contributed by atoms with Gasteiger partial charge in [-0.05, 0) is 43.2 Å². The maximum absolute atomic E-state index is 11.9. The van der Waals surface area contributed by atoms with Crippen LogP contribution in [-0.4, -0.2) is 36.9 Å². The Morgan fingerprint density at radius 1 is 1.17 bits per heavy atom. The number of aliphatic hydroxyl groups excluding tert-OH is 1. The second kappa shape index (κ2) is 9.52. The van der Waals surface area contributed by atoms with Crippen LogP contribution in [0.1, 0.15) is 45.1 Å². The first-order chi connectivity index (χ1) is 11.6. The van der Waals surface area contributed by atoms with Crippen LogP contribution < -0.4 is 15.5 Å². The number of nitrogens with one attached hydrogen (secondary N) is 2. The zero-order chi connectivity index (χ0) is 17.4. The molecule has 1 atom stereocenters. The number of urea groups is 1. The third kappa shape index (κ3) is 6.04. The Kier molecular flexibility index (Phi) is 7.37. The number of aliphatic hydroxyl groups is 1. The zero-order valence-corrected chi connectivity index (χ0v) is 14.9. The molecule has 0 spiro atoms. The monoisotopic (exact) mass is 333 g/mol. The lowest BCUT2D eigenvalue weighted by molar-refractivity contribution is 0.147. The van der Waals surface area contributed by atoms with E-state index in [9.17, 15) is 9.90 Å². The van der Waals surface area contributed by atoms with Gasteiger partial charge in [-0.3, -0.25) is 0 Å². The van der Waals surface area contributed by atoms with E-state index in [4.69, 9.17) is 0 Å². The van der Waals surface area contributed by atoms with E-state index in [2.05, 4.69) is 47.6 Å². The summed E-state index contributed by atoms with van der Waals surface area (Å²) in [4.78, 5) is 14.4. The number of piperidine rings is 1. The van der Waals surface area contributed by atoms with Gasteiger partial charge in [0.25, 0.3) is 0 Å². The van der Waals surface area contributed by atoms with Gasteiger partial charge in [-0.2, -0.15) is 0 Å². The maximum atomic E-state index is 11.9. The van der Waals surface area contributed by atoms with Crippen LogP contribution >= 0.6 is 0 Å². The number of para-hydroxylation sites is 1. The van der Waals surface area contributed by atoms with Gasteiger partial charge in [0.05, 0.1) is 6.10 Å².